The predicted molar refractivity (Wildman–Crippen MR) is 71.3 cm³/mol. The van der Waals surface area contributed by atoms with Crippen molar-refractivity contribution in [2.75, 3.05) is 0 Å². The van der Waals surface area contributed by atoms with Gasteiger partial charge >= 0.3 is 0 Å². The van der Waals surface area contributed by atoms with Crippen LogP contribution in [-0.4, -0.2) is 0 Å². The first-order valence-corrected chi connectivity index (χ1v) is 6.27. The van der Waals surface area contributed by atoms with Gasteiger partial charge < -0.3 is 5.73 Å². The molecule has 0 spiro atoms. The molecule has 94 valence electrons. The van der Waals surface area contributed by atoms with Crippen molar-refractivity contribution in [3.63, 3.8) is 0 Å². The topological polar surface area (TPSA) is 26.0 Å². The Kier molecular flexibility index (Phi) is 5.92. The van der Waals surface area contributed by atoms with Crippen molar-refractivity contribution in [2.45, 2.75) is 45.1 Å². The van der Waals surface area contributed by atoms with Gasteiger partial charge in [-0.3, -0.25) is 0 Å². The van der Waals surface area contributed by atoms with E-state index in [9.17, 15) is 4.39 Å². The number of aryl methyl sites for hydroxylation is 1. The van der Waals surface area contributed by atoms with Gasteiger partial charge in [0.1, 0.15) is 5.82 Å². The summed E-state index contributed by atoms with van der Waals surface area (Å²) in [6.45, 7) is 5.57. The minimum Gasteiger partial charge on any atom is -0.324 e. The molecular weight excluding hydrogens is 213 g/mol. The summed E-state index contributed by atoms with van der Waals surface area (Å²) in [5.41, 5.74) is 7.57. The van der Waals surface area contributed by atoms with Crippen LogP contribution in [0.3, 0.4) is 0 Å². The van der Waals surface area contributed by atoms with Crippen LogP contribution in [0.1, 0.15) is 49.3 Å². The number of benzene rings is 1. The fourth-order valence-electron chi connectivity index (χ4n) is 1.92. The van der Waals surface area contributed by atoms with Gasteiger partial charge in [0.25, 0.3) is 0 Å². The van der Waals surface area contributed by atoms with Crippen molar-refractivity contribution >= 4 is 0 Å². The number of hydrogen-bond acceptors (Lipinski definition) is 1. The zero-order valence-electron chi connectivity index (χ0n) is 10.6. The molecule has 1 atom stereocenters. The minimum absolute atomic E-state index is 0.177. The van der Waals surface area contributed by atoms with Crippen LogP contribution < -0.4 is 5.73 Å². The van der Waals surface area contributed by atoms with Gasteiger partial charge in [0.2, 0.25) is 0 Å². The highest BCUT2D eigenvalue weighted by atomic mass is 19.1. The fraction of sp³-hybridized carbons (Fsp3) is 0.467. The number of unbranched alkanes of at least 4 members (excludes halogenated alkanes) is 3. The molecule has 0 aliphatic carbocycles. The molecule has 0 fully saturated rings. The third kappa shape index (κ3) is 4.70. The van der Waals surface area contributed by atoms with Crippen LogP contribution in [0.15, 0.2) is 30.9 Å². The van der Waals surface area contributed by atoms with E-state index in [0.29, 0.717) is 5.56 Å². The lowest BCUT2D eigenvalue weighted by Crippen LogP contribution is -2.12. The summed E-state index contributed by atoms with van der Waals surface area (Å²) >= 11 is 0. The second-order valence-corrected chi connectivity index (χ2v) is 4.56. The second kappa shape index (κ2) is 7.23. The SMILES string of the molecule is C=CCCCCCC(N)c1ccc(C)cc1F. The van der Waals surface area contributed by atoms with Crippen LogP contribution in [0.4, 0.5) is 4.39 Å². The van der Waals surface area contributed by atoms with E-state index in [1.807, 2.05) is 19.1 Å². The molecule has 1 nitrogen and oxygen atoms in total. The van der Waals surface area contributed by atoms with Gasteiger partial charge in [-0.05, 0) is 37.8 Å². The normalized spacial score (nSPS) is 12.4. The van der Waals surface area contributed by atoms with E-state index < -0.39 is 0 Å². The zero-order valence-corrected chi connectivity index (χ0v) is 10.6. The second-order valence-electron chi connectivity index (χ2n) is 4.56. The Bertz CT molecular complexity index is 360. The number of nitrogens with two attached hydrogens (primary N) is 1. The lowest BCUT2D eigenvalue weighted by molar-refractivity contribution is 0.534. The molecule has 0 aliphatic heterocycles. The van der Waals surface area contributed by atoms with Crippen molar-refractivity contribution in [2.24, 2.45) is 5.73 Å². The van der Waals surface area contributed by atoms with Crippen molar-refractivity contribution < 1.29 is 4.39 Å². The highest BCUT2D eigenvalue weighted by Gasteiger charge is 2.10. The monoisotopic (exact) mass is 235 g/mol. The van der Waals surface area contributed by atoms with Crippen LogP contribution in [-0.2, 0) is 0 Å². The maximum absolute atomic E-state index is 13.6. The van der Waals surface area contributed by atoms with Crippen LogP contribution in [0.25, 0.3) is 0 Å². The lowest BCUT2D eigenvalue weighted by Gasteiger charge is -2.13. The number of rotatable bonds is 7. The summed E-state index contributed by atoms with van der Waals surface area (Å²) in [6.07, 6.45) is 7.15. The number of allylic oxidation sites excluding steroid dienone is 1. The molecule has 0 amide bonds. The van der Waals surface area contributed by atoms with Crippen molar-refractivity contribution in [3.05, 3.63) is 47.8 Å². The molecule has 0 saturated carbocycles. The summed E-state index contributed by atoms with van der Waals surface area (Å²) in [4.78, 5) is 0. The van der Waals surface area contributed by atoms with Crippen molar-refractivity contribution in [3.8, 4) is 0 Å². The molecule has 2 heteroatoms. The summed E-state index contributed by atoms with van der Waals surface area (Å²) < 4.78 is 13.6. The van der Waals surface area contributed by atoms with E-state index in [1.54, 1.807) is 12.1 Å². The van der Waals surface area contributed by atoms with Crippen LogP contribution in [0, 0.1) is 12.7 Å². The van der Waals surface area contributed by atoms with Gasteiger partial charge in [-0.25, -0.2) is 4.39 Å². The van der Waals surface area contributed by atoms with Gasteiger partial charge in [-0.1, -0.05) is 31.1 Å². The fourth-order valence-corrected chi connectivity index (χ4v) is 1.92. The summed E-state index contributed by atoms with van der Waals surface area (Å²) in [5, 5.41) is 0. The molecule has 0 saturated heterocycles. The van der Waals surface area contributed by atoms with E-state index in [4.69, 9.17) is 5.73 Å². The Morgan fingerprint density at radius 3 is 2.76 bits per heavy atom. The average Bonchev–Trinajstić information content (AvgIpc) is 2.28. The third-order valence-electron chi connectivity index (χ3n) is 2.98. The number of hydrogen-bond donors (Lipinski definition) is 1. The van der Waals surface area contributed by atoms with Crippen molar-refractivity contribution in [1.29, 1.82) is 0 Å². The standard InChI is InChI=1S/C15H22FN/c1-3-4-5-6-7-8-15(17)13-10-9-12(2)11-14(13)16/h3,9-11,15H,1,4-8,17H2,2H3. The van der Waals surface area contributed by atoms with Gasteiger partial charge in [0.15, 0.2) is 0 Å². The molecular formula is C15H22FN. The molecule has 0 aliphatic rings. The Hall–Kier alpha value is -1.15. The molecule has 1 rings (SSSR count). The Morgan fingerprint density at radius 1 is 1.35 bits per heavy atom. The van der Waals surface area contributed by atoms with E-state index in [1.165, 1.54) is 0 Å². The molecule has 1 aromatic rings. The zero-order chi connectivity index (χ0) is 12.7. The van der Waals surface area contributed by atoms with E-state index in [0.717, 1.165) is 37.7 Å². The van der Waals surface area contributed by atoms with Gasteiger partial charge in [0, 0.05) is 11.6 Å². The van der Waals surface area contributed by atoms with Gasteiger partial charge in [-0.15, -0.1) is 6.58 Å². The third-order valence-corrected chi connectivity index (χ3v) is 2.98. The first-order chi connectivity index (χ1) is 8.15. The van der Waals surface area contributed by atoms with Crippen LogP contribution >= 0.6 is 0 Å². The molecule has 1 aromatic carbocycles. The predicted octanol–water partition coefficient (Wildman–Crippen LogP) is 4.27. The van der Waals surface area contributed by atoms with Crippen LogP contribution in [0.5, 0.6) is 0 Å². The number of halogens is 1. The van der Waals surface area contributed by atoms with E-state index in [-0.39, 0.29) is 11.9 Å². The minimum atomic E-state index is -0.181. The summed E-state index contributed by atoms with van der Waals surface area (Å²) in [6, 6.07) is 5.08. The highest BCUT2D eigenvalue weighted by Crippen LogP contribution is 2.21. The van der Waals surface area contributed by atoms with E-state index in [2.05, 4.69) is 6.58 Å². The summed E-state index contributed by atoms with van der Waals surface area (Å²) in [5.74, 6) is -0.177. The maximum Gasteiger partial charge on any atom is 0.128 e. The van der Waals surface area contributed by atoms with Crippen LogP contribution in [0.2, 0.25) is 0 Å². The first kappa shape index (κ1) is 13.9. The Labute approximate surface area is 104 Å². The first-order valence-electron chi connectivity index (χ1n) is 6.27. The largest absolute Gasteiger partial charge is 0.324 e. The molecule has 0 aromatic heterocycles. The highest BCUT2D eigenvalue weighted by molar-refractivity contribution is 5.25. The van der Waals surface area contributed by atoms with Crippen molar-refractivity contribution in [1.82, 2.24) is 0 Å². The molecule has 2 N–H and O–H groups in total. The lowest BCUT2D eigenvalue weighted by atomic mass is 9.99. The molecule has 1 unspecified atom stereocenters. The maximum atomic E-state index is 13.6. The Balaban J connectivity index is 2.41. The van der Waals surface area contributed by atoms with Gasteiger partial charge in [0.05, 0.1) is 0 Å². The summed E-state index contributed by atoms with van der Waals surface area (Å²) in [7, 11) is 0. The molecule has 17 heavy (non-hydrogen) atoms. The smallest absolute Gasteiger partial charge is 0.128 e. The van der Waals surface area contributed by atoms with E-state index >= 15 is 0 Å². The quantitative estimate of drug-likeness (QED) is 0.554. The average molecular weight is 235 g/mol. The molecule has 0 heterocycles. The Morgan fingerprint density at radius 2 is 2.12 bits per heavy atom. The molecule has 0 radical (unpaired) electrons. The molecule has 0 bridgehead atoms. The van der Waals surface area contributed by atoms with Gasteiger partial charge in [-0.2, -0.15) is 0 Å².